The number of unbranched alkanes of at least 4 members (excludes halogenated alkanes) is 3. The first-order valence-electron chi connectivity index (χ1n) is 18.8. The molecule has 0 saturated heterocycles. The van der Waals surface area contributed by atoms with E-state index in [1.165, 1.54) is 7.11 Å². The molecule has 1 aromatic rings. The van der Waals surface area contributed by atoms with Crippen molar-refractivity contribution in [2.45, 2.75) is 170 Å². The Morgan fingerprint density at radius 1 is 0.980 bits per heavy atom. The molecule has 0 spiro atoms. The minimum absolute atomic E-state index is 0.0431. The van der Waals surface area contributed by atoms with Gasteiger partial charge in [-0.2, -0.15) is 0 Å². The van der Waals surface area contributed by atoms with Crippen molar-refractivity contribution in [3.05, 3.63) is 54.6 Å². The Morgan fingerprint density at radius 2 is 1.60 bits per heavy atom. The van der Waals surface area contributed by atoms with Gasteiger partial charge in [0.1, 0.15) is 4.75 Å². The summed E-state index contributed by atoms with van der Waals surface area (Å²) in [4.78, 5) is 12.1. The Hall–Kier alpha value is -1.57. The topological polar surface area (TPSA) is 90.9 Å². The minimum atomic E-state index is -3.91. The molecule has 0 unspecified atom stereocenters. The number of esters is 1. The van der Waals surface area contributed by atoms with E-state index in [0.717, 1.165) is 25.7 Å². The first-order valence-corrected chi connectivity index (χ1v) is 26.1. The lowest BCUT2D eigenvalue weighted by Gasteiger charge is -2.42. The van der Waals surface area contributed by atoms with Gasteiger partial charge in [-0.15, -0.1) is 0 Å². The zero-order valence-corrected chi connectivity index (χ0v) is 36.5. The molecule has 50 heavy (non-hydrogen) atoms. The number of carbonyl (C=O) groups is 1. The summed E-state index contributed by atoms with van der Waals surface area (Å²) in [5.74, 6) is -0.674. The third-order valence-corrected chi connectivity index (χ3v) is 23.3. The van der Waals surface area contributed by atoms with E-state index >= 15 is 8.42 Å². The summed E-state index contributed by atoms with van der Waals surface area (Å²) in [7, 11) is -5.06. The lowest BCUT2D eigenvalue weighted by Crippen LogP contribution is -2.55. The molecule has 1 fully saturated rings. The van der Waals surface area contributed by atoms with Gasteiger partial charge < -0.3 is 18.9 Å². The van der Waals surface area contributed by atoms with E-state index in [-0.39, 0.29) is 34.3 Å². The molecule has 1 aliphatic rings. The fourth-order valence-corrected chi connectivity index (χ4v) is 11.6. The van der Waals surface area contributed by atoms with Gasteiger partial charge in [-0.05, 0) is 87.5 Å². The Labute approximate surface area is 308 Å². The summed E-state index contributed by atoms with van der Waals surface area (Å²) in [6, 6.07) is 8.55. The van der Waals surface area contributed by atoms with E-state index in [9.17, 15) is 4.79 Å². The van der Waals surface area contributed by atoms with Crippen LogP contribution in [-0.2, 0) is 28.2 Å². The first-order chi connectivity index (χ1) is 23.1. The van der Waals surface area contributed by atoms with Crippen LogP contribution in [0.1, 0.15) is 106 Å². The second-order valence-corrected chi connectivity index (χ2v) is 29.0. The van der Waals surface area contributed by atoms with E-state index in [0.29, 0.717) is 37.0 Å². The van der Waals surface area contributed by atoms with E-state index in [1.807, 2.05) is 25.3 Å². The molecule has 286 valence electrons. The van der Waals surface area contributed by atoms with E-state index < -0.39 is 37.1 Å². The van der Waals surface area contributed by atoms with E-state index in [1.54, 1.807) is 24.3 Å². The number of methoxy groups -OCH3 is 1. The molecule has 2 rings (SSSR count). The van der Waals surface area contributed by atoms with Crippen LogP contribution in [-0.4, -0.2) is 68.2 Å². The number of hydrogen-bond acceptors (Lipinski definition) is 7. The van der Waals surface area contributed by atoms with E-state index in [2.05, 4.69) is 92.1 Å². The number of hydrogen-bond donors (Lipinski definition) is 1. The van der Waals surface area contributed by atoms with Crippen molar-refractivity contribution < 1.29 is 26.8 Å². The van der Waals surface area contributed by atoms with Crippen molar-refractivity contribution in [3.8, 4) is 0 Å². The Balaban J connectivity index is 2.82. The lowest BCUT2D eigenvalue weighted by molar-refractivity contribution is -0.140. The van der Waals surface area contributed by atoms with Crippen LogP contribution in [0.4, 0.5) is 0 Å². The van der Waals surface area contributed by atoms with Gasteiger partial charge in [0, 0.05) is 18.4 Å². The normalized spacial score (nSPS) is 23.2. The molecule has 5 atom stereocenters. The number of nitrogens with one attached hydrogen (secondary N) is 1. The average molecular weight is 750 g/mol. The van der Waals surface area contributed by atoms with Crippen molar-refractivity contribution in [1.29, 1.82) is 0 Å². The maximum absolute atomic E-state index is 15.3. The summed E-state index contributed by atoms with van der Waals surface area (Å²) < 4.78 is 48.4. The molecule has 0 heterocycles. The second-order valence-electron chi connectivity index (χ2n) is 17.2. The highest BCUT2D eigenvalue weighted by atomic mass is 32.2. The SMILES string of the molecule is CCCCC[C@@H](/C=C/[C@H]1[C@H](O[Si](C)(C)C(C)(C)C)C[C@H](NC)[C@]1(C/C=C\CCCC(=O)OC)S(=O)(=O)c1ccccc1)O[Si](C)(C)C(C)(C)C. The molecule has 7 nitrogen and oxygen atoms in total. The summed E-state index contributed by atoms with van der Waals surface area (Å²) in [6.07, 6.45) is 14.7. The molecule has 0 aromatic heterocycles. The number of ether oxygens (including phenoxy) is 1. The molecule has 0 aliphatic heterocycles. The number of sulfone groups is 1. The summed E-state index contributed by atoms with van der Waals surface area (Å²) in [5.41, 5.74) is 0. The van der Waals surface area contributed by atoms with E-state index in [4.69, 9.17) is 13.6 Å². The molecule has 1 aliphatic carbocycles. The third kappa shape index (κ3) is 11.0. The van der Waals surface area contributed by atoms with Crippen molar-refractivity contribution in [2.24, 2.45) is 5.92 Å². The Bertz CT molecular complexity index is 1360. The van der Waals surface area contributed by atoms with Gasteiger partial charge in [0.2, 0.25) is 0 Å². The molecule has 0 amide bonds. The predicted molar refractivity (Wildman–Crippen MR) is 214 cm³/mol. The fraction of sp³-hybridized carbons (Fsp3) is 0.725. The van der Waals surface area contributed by atoms with Crippen LogP contribution >= 0.6 is 0 Å². The fourth-order valence-electron chi connectivity index (χ4n) is 6.47. The van der Waals surface area contributed by atoms with Gasteiger partial charge >= 0.3 is 5.97 Å². The quantitative estimate of drug-likeness (QED) is 0.0652. The minimum Gasteiger partial charge on any atom is -0.469 e. The molecule has 1 aromatic carbocycles. The van der Waals surface area contributed by atoms with Gasteiger partial charge in [-0.3, -0.25) is 4.79 Å². The molecule has 1 saturated carbocycles. The lowest BCUT2D eigenvalue weighted by atomic mass is 9.87. The highest BCUT2D eigenvalue weighted by Crippen LogP contribution is 2.52. The molecule has 0 radical (unpaired) electrons. The van der Waals surface area contributed by atoms with Crippen molar-refractivity contribution in [2.75, 3.05) is 14.2 Å². The molecule has 1 N–H and O–H groups in total. The Kier molecular flexibility index (Phi) is 16.5. The van der Waals surface area contributed by atoms with Crippen LogP contribution in [0.25, 0.3) is 0 Å². The molecule has 0 bridgehead atoms. The van der Waals surface area contributed by atoms with Gasteiger partial charge in [0.15, 0.2) is 26.5 Å². The van der Waals surface area contributed by atoms with Gasteiger partial charge in [-0.25, -0.2) is 8.42 Å². The zero-order chi connectivity index (χ0) is 38.0. The summed E-state index contributed by atoms with van der Waals surface area (Å²) in [5, 5.41) is 3.48. The maximum atomic E-state index is 15.3. The molecular formula is C40H71NO6SSi2. The number of carbonyl (C=O) groups excluding carboxylic acids is 1. The van der Waals surface area contributed by atoms with Crippen LogP contribution in [0.3, 0.4) is 0 Å². The smallest absolute Gasteiger partial charge is 0.305 e. The predicted octanol–water partition coefficient (Wildman–Crippen LogP) is 10.0. The highest BCUT2D eigenvalue weighted by Gasteiger charge is 2.62. The van der Waals surface area contributed by atoms with Crippen molar-refractivity contribution in [3.63, 3.8) is 0 Å². The van der Waals surface area contributed by atoms with Crippen LogP contribution in [0.15, 0.2) is 59.5 Å². The number of allylic oxidation sites excluding steroid dienone is 2. The summed E-state index contributed by atoms with van der Waals surface area (Å²) in [6.45, 7) is 24.8. The monoisotopic (exact) mass is 749 g/mol. The van der Waals surface area contributed by atoms with Crippen LogP contribution < -0.4 is 5.32 Å². The number of benzene rings is 1. The summed E-state index contributed by atoms with van der Waals surface area (Å²) >= 11 is 0. The van der Waals surface area contributed by atoms with Gasteiger partial charge in [0.25, 0.3) is 0 Å². The number of rotatable bonds is 19. The molecule has 10 heteroatoms. The maximum Gasteiger partial charge on any atom is 0.305 e. The zero-order valence-electron chi connectivity index (χ0n) is 33.7. The van der Waals surface area contributed by atoms with Crippen LogP contribution in [0, 0.1) is 5.92 Å². The highest BCUT2D eigenvalue weighted by molar-refractivity contribution is 7.93. The van der Waals surface area contributed by atoms with Crippen LogP contribution in [0.2, 0.25) is 36.3 Å². The largest absolute Gasteiger partial charge is 0.469 e. The average Bonchev–Trinajstić information content (AvgIpc) is 3.33. The Morgan fingerprint density at radius 3 is 2.14 bits per heavy atom. The standard InChI is InChI=1S/C40H71NO6SSi2/c1-14-15-19-24-32(46-49(10,11)38(2,3)4)28-29-34-35(47-50(12,13)39(5,6)7)31-36(41-8)40(34,30-23-17-16-22-27-37(42)45-9)48(43,44)33-25-20-18-21-26-33/h17-18,20-21,23,25-26,28-29,32,34-36,41H,14-16,19,22,24,27,30-31H2,1-13H3/b23-17-,29-28+/t32-,34-,35+,36-,40+/m0/s1. The van der Waals surface area contributed by atoms with Crippen molar-refractivity contribution >= 4 is 32.4 Å². The van der Waals surface area contributed by atoms with Crippen LogP contribution in [0.5, 0.6) is 0 Å². The van der Waals surface area contributed by atoms with Gasteiger partial charge in [-0.1, -0.05) is 110 Å². The molecular weight excluding hydrogens is 679 g/mol. The van der Waals surface area contributed by atoms with Gasteiger partial charge in [0.05, 0.1) is 24.2 Å². The van der Waals surface area contributed by atoms with Crippen molar-refractivity contribution in [1.82, 2.24) is 5.32 Å². The second kappa shape index (κ2) is 18.5. The first kappa shape index (κ1) is 44.6. The third-order valence-electron chi connectivity index (χ3n) is 11.6.